The lowest BCUT2D eigenvalue weighted by Crippen LogP contribution is -2.00. The number of hydrogen-bond donors (Lipinski definition) is 2. The van der Waals surface area contributed by atoms with E-state index in [-0.39, 0.29) is 19.0 Å². The maximum Gasteiger partial charge on any atom is 0.106 e. The van der Waals surface area contributed by atoms with Crippen LogP contribution in [-0.4, -0.2) is 10.1 Å². The molecule has 0 spiro atoms. The minimum absolute atomic E-state index is 0. The van der Waals surface area contributed by atoms with E-state index in [9.17, 15) is 5.11 Å². The van der Waals surface area contributed by atoms with Gasteiger partial charge in [0.25, 0.3) is 0 Å². The zero-order chi connectivity index (χ0) is 13.0. The minimum Gasteiger partial charge on any atom is -0.392 e. The zero-order valence-electron chi connectivity index (χ0n) is 10.0. The Morgan fingerprint density at radius 1 is 1.26 bits per heavy atom. The van der Waals surface area contributed by atoms with Crippen LogP contribution in [0, 0.1) is 0 Å². The van der Waals surface area contributed by atoms with Gasteiger partial charge < -0.3 is 10.8 Å². The molecule has 0 aliphatic carbocycles. The van der Waals surface area contributed by atoms with Crippen LogP contribution in [0.15, 0.2) is 50.9 Å². The number of aliphatic hydroxyl groups is 1. The molecule has 1 aromatic heterocycles. The van der Waals surface area contributed by atoms with Crippen molar-refractivity contribution in [3.63, 3.8) is 0 Å². The number of nitrogens with two attached hydrogens (primary N) is 1. The predicted molar refractivity (Wildman–Crippen MR) is 83.6 cm³/mol. The quantitative estimate of drug-likeness (QED) is 0.876. The summed E-state index contributed by atoms with van der Waals surface area (Å²) in [4.78, 5) is 5.35. The van der Waals surface area contributed by atoms with Gasteiger partial charge in [-0.1, -0.05) is 39.8 Å². The topological polar surface area (TPSA) is 59.1 Å². The first-order valence-corrected chi connectivity index (χ1v) is 7.07. The Bertz CT molecular complexity index is 554. The van der Waals surface area contributed by atoms with Crippen LogP contribution >= 0.6 is 40.1 Å². The molecule has 3 nitrogen and oxygen atoms in total. The van der Waals surface area contributed by atoms with E-state index < -0.39 is 0 Å². The van der Waals surface area contributed by atoms with Gasteiger partial charge in [-0.2, -0.15) is 0 Å². The maximum atomic E-state index is 9.29. The van der Waals surface area contributed by atoms with Crippen LogP contribution < -0.4 is 5.73 Å². The van der Waals surface area contributed by atoms with Gasteiger partial charge in [0, 0.05) is 27.7 Å². The molecule has 19 heavy (non-hydrogen) atoms. The van der Waals surface area contributed by atoms with E-state index in [0.29, 0.717) is 6.54 Å². The monoisotopic (exact) mass is 360 g/mol. The molecule has 0 saturated heterocycles. The van der Waals surface area contributed by atoms with Crippen molar-refractivity contribution in [2.45, 2.75) is 23.1 Å². The van der Waals surface area contributed by atoms with E-state index in [1.54, 1.807) is 6.20 Å². The van der Waals surface area contributed by atoms with Gasteiger partial charge in [-0.15, -0.1) is 12.4 Å². The van der Waals surface area contributed by atoms with Gasteiger partial charge in [-0.25, -0.2) is 4.98 Å². The average molecular weight is 362 g/mol. The third-order valence-electron chi connectivity index (χ3n) is 2.51. The van der Waals surface area contributed by atoms with Crippen LogP contribution in [0.3, 0.4) is 0 Å². The molecule has 0 atom stereocenters. The zero-order valence-corrected chi connectivity index (χ0v) is 13.3. The number of aromatic nitrogens is 1. The van der Waals surface area contributed by atoms with Crippen molar-refractivity contribution in [3.05, 3.63) is 52.1 Å². The Hall–Kier alpha value is -0.590. The highest BCUT2D eigenvalue weighted by Gasteiger charge is 2.09. The molecule has 1 heterocycles. The van der Waals surface area contributed by atoms with Crippen molar-refractivity contribution in [1.82, 2.24) is 4.98 Å². The van der Waals surface area contributed by atoms with E-state index in [1.165, 1.54) is 11.8 Å². The predicted octanol–water partition coefficient (Wildman–Crippen LogP) is 3.37. The summed E-state index contributed by atoms with van der Waals surface area (Å²) in [5, 5.41) is 10.1. The van der Waals surface area contributed by atoms with Crippen molar-refractivity contribution in [2.24, 2.45) is 5.73 Å². The molecule has 0 radical (unpaired) electrons. The Kier molecular flexibility index (Phi) is 6.82. The molecule has 1 aromatic carbocycles. The molecule has 0 unspecified atom stereocenters. The number of nitrogens with zero attached hydrogens (tertiary/aromatic N) is 1. The maximum absolute atomic E-state index is 9.29. The molecule has 0 fully saturated rings. The molecule has 0 amide bonds. The second-order valence-electron chi connectivity index (χ2n) is 3.65. The fourth-order valence-electron chi connectivity index (χ4n) is 1.57. The molecular weight excluding hydrogens is 348 g/mol. The SMILES string of the molecule is Cl.NCc1c(Br)cccc1Sc1ncccc1CO. The highest BCUT2D eigenvalue weighted by Crippen LogP contribution is 2.34. The van der Waals surface area contributed by atoms with Gasteiger partial charge in [0.1, 0.15) is 5.03 Å². The fourth-order valence-corrected chi connectivity index (χ4v) is 3.28. The highest BCUT2D eigenvalue weighted by molar-refractivity contribution is 9.10. The minimum atomic E-state index is -0.0118. The first-order chi connectivity index (χ1) is 8.76. The largest absolute Gasteiger partial charge is 0.392 e. The van der Waals surface area contributed by atoms with E-state index in [0.717, 1.165) is 25.5 Å². The molecule has 3 N–H and O–H groups in total. The highest BCUT2D eigenvalue weighted by atomic mass is 79.9. The van der Waals surface area contributed by atoms with E-state index in [1.807, 2.05) is 30.3 Å². The summed E-state index contributed by atoms with van der Waals surface area (Å²) in [6.07, 6.45) is 1.72. The first kappa shape index (κ1) is 16.5. The van der Waals surface area contributed by atoms with Crippen LogP contribution in [-0.2, 0) is 13.2 Å². The fraction of sp³-hybridized carbons (Fsp3) is 0.154. The third kappa shape index (κ3) is 3.94. The first-order valence-electron chi connectivity index (χ1n) is 5.46. The Balaban J connectivity index is 0.00000180. The molecule has 0 saturated carbocycles. The summed E-state index contributed by atoms with van der Waals surface area (Å²) in [6.45, 7) is 0.452. The molecule has 6 heteroatoms. The molecule has 0 aliphatic rings. The number of benzene rings is 1. The van der Waals surface area contributed by atoms with Crippen LogP contribution in [0.5, 0.6) is 0 Å². The van der Waals surface area contributed by atoms with Crippen LogP contribution in [0.2, 0.25) is 0 Å². The number of rotatable bonds is 4. The van der Waals surface area contributed by atoms with Crippen LogP contribution in [0.1, 0.15) is 11.1 Å². The second-order valence-corrected chi connectivity index (χ2v) is 5.53. The standard InChI is InChI=1S/C13H13BrN2OS.ClH/c14-11-4-1-5-12(10(11)7-15)18-13-9(8-17)3-2-6-16-13;/h1-6,17H,7-8,15H2;1H. The third-order valence-corrected chi connectivity index (χ3v) is 4.41. The van der Waals surface area contributed by atoms with Crippen molar-refractivity contribution >= 4 is 40.1 Å². The normalized spacial score (nSPS) is 10.1. The molecule has 102 valence electrons. The summed E-state index contributed by atoms with van der Waals surface area (Å²) < 4.78 is 0.997. The van der Waals surface area contributed by atoms with Crippen molar-refractivity contribution < 1.29 is 5.11 Å². The van der Waals surface area contributed by atoms with E-state index in [4.69, 9.17) is 5.73 Å². The van der Waals surface area contributed by atoms with Gasteiger partial charge in [0.15, 0.2) is 0 Å². The molecule has 0 bridgehead atoms. The van der Waals surface area contributed by atoms with Crippen molar-refractivity contribution in [2.75, 3.05) is 0 Å². The van der Waals surface area contributed by atoms with Gasteiger partial charge >= 0.3 is 0 Å². The van der Waals surface area contributed by atoms with E-state index in [2.05, 4.69) is 20.9 Å². The molecule has 0 aliphatic heterocycles. The Morgan fingerprint density at radius 2 is 2.05 bits per heavy atom. The number of aliphatic hydroxyl groups excluding tert-OH is 1. The van der Waals surface area contributed by atoms with E-state index >= 15 is 0 Å². The van der Waals surface area contributed by atoms with Gasteiger partial charge in [0.2, 0.25) is 0 Å². The number of pyridine rings is 1. The molecule has 2 aromatic rings. The summed E-state index contributed by atoms with van der Waals surface area (Å²) in [5.74, 6) is 0. The summed E-state index contributed by atoms with van der Waals surface area (Å²) in [5.41, 5.74) is 7.64. The lowest BCUT2D eigenvalue weighted by molar-refractivity contribution is 0.278. The average Bonchev–Trinajstić information content (AvgIpc) is 2.40. The van der Waals surface area contributed by atoms with Crippen molar-refractivity contribution in [3.8, 4) is 0 Å². The van der Waals surface area contributed by atoms with Crippen LogP contribution in [0.25, 0.3) is 0 Å². The summed E-state index contributed by atoms with van der Waals surface area (Å²) in [7, 11) is 0. The Morgan fingerprint density at radius 3 is 2.74 bits per heavy atom. The van der Waals surface area contributed by atoms with Gasteiger partial charge in [0.05, 0.1) is 6.61 Å². The molecular formula is C13H14BrClN2OS. The second kappa shape index (κ2) is 7.87. The Labute approximate surface area is 131 Å². The smallest absolute Gasteiger partial charge is 0.106 e. The van der Waals surface area contributed by atoms with Gasteiger partial charge in [-0.05, 0) is 23.8 Å². The number of halogens is 2. The summed E-state index contributed by atoms with van der Waals surface area (Å²) >= 11 is 5.02. The van der Waals surface area contributed by atoms with Crippen LogP contribution in [0.4, 0.5) is 0 Å². The molecule has 2 rings (SSSR count). The number of hydrogen-bond acceptors (Lipinski definition) is 4. The lowest BCUT2D eigenvalue weighted by atomic mass is 10.2. The van der Waals surface area contributed by atoms with Gasteiger partial charge in [-0.3, -0.25) is 0 Å². The van der Waals surface area contributed by atoms with Crippen molar-refractivity contribution in [1.29, 1.82) is 0 Å². The lowest BCUT2D eigenvalue weighted by Gasteiger charge is -2.10. The summed E-state index contributed by atoms with van der Waals surface area (Å²) in [6, 6.07) is 9.63.